The molecule has 0 atom stereocenters. The second-order valence-corrected chi connectivity index (χ2v) is 3.85. The molecule has 2 heteroatoms. The maximum atomic E-state index is 4.94. The van der Waals surface area contributed by atoms with Crippen molar-refractivity contribution in [2.24, 2.45) is 0 Å². The Morgan fingerprint density at radius 3 is 2.53 bits per heavy atom. The van der Waals surface area contributed by atoms with Crippen molar-refractivity contribution in [1.29, 1.82) is 0 Å². The number of hydrogen-bond acceptors (Lipinski definition) is 2. The first kappa shape index (κ1) is 14.7. The van der Waals surface area contributed by atoms with E-state index >= 15 is 0 Å². The van der Waals surface area contributed by atoms with Gasteiger partial charge in [-0.25, -0.2) is 0 Å². The van der Waals surface area contributed by atoms with Gasteiger partial charge in [0, 0.05) is 13.7 Å². The van der Waals surface area contributed by atoms with Crippen molar-refractivity contribution < 1.29 is 4.74 Å². The van der Waals surface area contributed by atoms with Crippen LogP contribution in [0, 0.1) is 0 Å². The maximum Gasteiger partial charge on any atom is 0.0587 e. The highest BCUT2D eigenvalue weighted by molar-refractivity contribution is 4.81. The molecule has 0 heterocycles. The Labute approximate surface area is 95.1 Å². The van der Waals surface area contributed by atoms with Gasteiger partial charge in [-0.1, -0.05) is 38.3 Å². The molecule has 0 aromatic heterocycles. The molecule has 0 spiro atoms. The van der Waals surface area contributed by atoms with Crippen LogP contribution in [0.1, 0.15) is 45.4 Å². The molecule has 0 aliphatic heterocycles. The van der Waals surface area contributed by atoms with Gasteiger partial charge in [0.05, 0.1) is 6.61 Å². The third-order valence-corrected chi connectivity index (χ3v) is 2.36. The van der Waals surface area contributed by atoms with Crippen molar-refractivity contribution in [2.75, 3.05) is 26.8 Å². The van der Waals surface area contributed by atoms with Gasteiger partial charge in [-0.15, -0.1) is 0 Å². The van der Waals surface area contributed by atoms with E-state index in [1.807, 2.05) is 0 Å². The van der Waals surface area contributed by atoms with Crippen LogP contribution in [0.15, 0.2) is 12.2 Å². The average Bonchev–Trinajstić information content (AvgIpc) is 2.26. The molecular formula is C13H27NO. The molecule has 0 rings (SSSR count). The van der Waals surface area contributed by atoms with Gasteiger partial charge < -0.3 is 10.1 Å². The zero-order valence-corrected chi connectivity index (χ0v) is 10.4. The maximum absolute atomic E-state index is 4.94. The Morgan fingerprint density at radius 2 is 1.80 bits per heavy atom. The predicted molar refractivity (Wildman–Crippen MR) is 67.3 cm³/mol. The van der Waals surface area contributed by atoms with Gasteiger partial charge in [-0.3, -0.25) is 0 Å². The van der Waals surface area contributed by atoms with Gasteiger partial charge in [0.1, 0.15) is 0 Å². The van der Waals surface area contributed by atoms with Gasteiger partial charge >= 0.3 is 0 Å². The van der Waals surface area contributed by atoms with Crippen molar-refractivity contribution >= 4 is 0 Å². The standard InChI is InChI=1S/C13H27NO/c1-3-4-5-6-7-8-9-10-11-14-12-13-15-2/h8-9,14H,3-7,10-13H2,1-2H3. The van der Waals surface area contributed by atoms with Gasteiger partial charge in [-0.2, -0.15) is 0 Å². The summed E-state index contributed by atoms with van der Waals surface area (Å²) in [5, 5.41) is 3.32. The molecule has 90 valence electrons. The van der Waals surface area contributed by atoms with E-state index in [0.29, 0.717) is 0 Å². The molecule has 0 aromatic rings. The third kappa shape index (κ3) is 13.7. The van der Waals surface area contributed by atoms with E-state index in [9.17, 15) is 0 Å². The summed E-state index contributed by atoms with van der Waals surface area (Å²) in [5.74, 6) is 0. The van der Waals surface area contributed by atoms with Crippen molar-refractivity contribution in [1.82, 2.24) is 5.32 Å². The number of nitrogens with one attached hydrogen (secondary N) is 1. The Balaban J connectivity index is 2.97. The molecule has 0 amide bonds. The van der Waals surface area contributed by atoms with Crippen LogP contribution in [0.5, 0.6) is 0 Å². The lowest BCUT2D eigenvalue weighted by molar-refractivity contribution is 0.199. The minimum Gasteiger partial charge on any atom is -0.383 e. The van der Waals surface area contributed by atoms with Gasteiger partial charge in [0.15, 0.2) is 0 Å². The lowest BCUT2D eigenvalue weighted by Crippen LogP contribution is -2.19. The molecule has 0 unspecified atom stereocenters. The Morgan fingerprint density at radius 1 is 1.00 bits per heavy atom. The molecule has 1 N–H and O–H groups in total. The van der Waals surface area contributed by atoms with Crippen molar-refractivity contribution in [3.8, 4) is 0 Å². The lowest BCUT2D eigenvalue weighted by Gasteiger charge is -2.00. The van der Waals surface area contributed by atoms with E-state index in [-0.39, 0.29) is 0 Å². The fourth-order valence-electron chi connectivity index (χ4n) is 1.41. The van der Waals surface area contributed by atoms with Gasteiger partial charge in [0.25, 0.3) is 0 Å². The quantitative estimate of drug-likeness (QED) is 0.420. The van der Waals surface area contributed by atoms with Crippen LogP contribution >= 0.6 is 0 Å². The van der Waals surface area contributed by atoms with Gasteiger partial charge in [0.2, 0.25) is 0 Å². The number of hydrogen-bond donors (Lipinski definition) is 1. The molecular weight excluding hydrogens is 186 g/mol. The first-order valence-corrected chi connectivity index (χ1v) is 6.26. The number of allylic oxidation sites excluding steroid dienone is 1. The number of ether oxygens (including phenoxy) is 1. The largest absolute Gasteiger partial charge is 0.383 e. The van der Waals surface area contributed by atoms with E-state index in [2.05, 4.69) is 24.4 Å². The number of methoxy groups -OCH3 is 1. The van der Waals surface area contributed by atoms with E-state index in [0.717, 1.165) is 26.1 Å². The van der Waals surface area contributed by atoms with Crippen LogP contribution in [0.25, 0.3) is 0 Å². The third-order valence-electron chi connectivity index (χ3n) is 2.36. The molecule has 0 radical (unpaired) electrons. The van der Waals surface area contributed by atoms with E-state index < -0.39 is 0 Å². The van der Waals surface area contributed by atoms with Crippen LogP contribution in [-0.2, 0) is 4.74 Å². The predicted octanol–water partition coefficient (Wildman–Crippen LogP) is 3.14. The van der Waals surface area contributed by atoms with Crippen LogP contribution in [0.4, 0.5) is 0 Å². The summed E-state index contributed by atoms with van der Waals surface area (Å²) in [6, 6.07) is 0. The summed E-state index contributed by atoms with van der Waals surface area (Å²) in [5.41, 5.74) is 0. The van der Waals surface area contributed by atoms with Crippen LogP contribution < -0.4 is 5.32 Å². The Hall–Kier alpha value is -0.340. The summed E-state index contributed by atoms with van der Waals surface area (Å²) in [7, 11) is 1.73. The average molecular weight is 213 g/mol. The summed E-state index contributed by atoms with van der Waals surface area (Å²) in [6.45, 7) is 5.08. The zero-order chi connectivity index (χ0) is 11.2. The molecule has 0 fully saturated rings. The highest BCUT2D eigenvalue weighted by Crippen LogP contribution is 2.02. The Kier molecular flexibility index (Phi) is 13.4. The second-order valence-electron chi connectivity index (χ2n) is 3.85. The van der Waals surface area contributed by atoms with Crippen LogP contribution in [-0.4, -0.2) is 26.8 Å². The normalized spacial score (nSPS) is 11.3. The zero-order valence-electron chi connectivity index (χ0n) is 10.4. The van der Waals surface area contributed by atoms with Crippen LogP contribution in [0.2, 0.25) is 0 Å². The lowest BCUT2D eigenvalue weighted by atomic mass is 10.1. The van der Waals surface area contributed by atoms with E-state index in [1.54, 1.807) is 7.11 Å². The molecule has 0 aliphatic rings. The minimum absolute atomic E-state index is 0.806. The fraction of sp³-hybridized carbons (Fsp3) is 0.846. The monoisotopic (exact) mass is 213 g/mol. The summed E-state index contributed by atoms with van der Waals surface area (Å²) in [4.78, 5) is 0. The summed E-state index contributed by atoms with van der Waals surface area (Å²) in [6.07, 6.45) is 12.4. The molecule has 0 saturated heterocycles. The molecule has 0 aromatic carbocycles. The highest BCUT2D eigenvalue weighted by Gasteiger charge is 1.85. The molecule has 15 heavy (non-hydrogen) atoms. The summed E-state index contributed by atoms with van der Waals surface area (Å²) >= 11 is 0. The summed E-state index contributed by atoms with van der Waals surface area (Å²) < 4.78 is 4.94. The second kappa shape index (κ2) is 13.7. The topological polar surface area (TPSA) is 21.3 Å². The number of unbranched alkanes of at least 4 members (excludes halogenated alkanes) is 4. The van der Waals surface area contributed by atoms with Crippen molar-refractivity contribution in [3.05, 3.63) is 12.2 Å². The minimum atomic E-state index is 0.806. The molecule has 2 nitrogen and oxygen atoms in total. The number of rotatable bonds is 11. The Bertz CT molecular complexity index is 134. The first-order valence-electron chi connectivity index (χ1n) is 6.26. The van der Waals surface area contributed by atoms with E-state index in [4.69, 9.17) is 4.74 Å². The van der Waals surface area contributed by atoms with E-state index in [1.165, 1.54) is 32.1 Å². The molecule has 0 bridgehead atoms. The van der Waals surface area contributed by atoms with Crippen molar-refractivity contribution in [2.45, 2.75) is 45.4 Å². The first-order chi connectivity index (χ1) is 7.41. The molecule has 0 saturated carbocycles. The van der Waals surface area contributed by atoms with Gasteiger partial charge in [-0.05, 0) is 25.8 Å². The smallest absolute Gasteiger partial charge is 0.0587 e. The SMILES string of the molecule is CCCCCCC=CCCNCCOC. The fourth-order valence-corrected chi connectivity index (χ4v) is 1.41. The molecule has 0 aliphatic carbocycles. The highest BCUT2D eigenvalue weighted by atomic mass is 16.5. The van der Waals surface area contributed by atoms with Crippen LogP contribution in [0.3, 0.4) is 0 Å². The van der Waals surface area contributed by atoms with Crippen molar-refractivity contribution in [3.63, 3.8) is 0 Å².